The van der Waals surface area contributed by atoms with Gasteiger partial charge in [-0.1, -0.05) is 24.3 Å². The summed E-state index contributed by atoms with van der Waals surface area (Å²) in [7, 11) is 0. The second-order valence-corrected chi connectivity index (χ2v) is 11.1. The van der Waals surface area contributed by atoms with Crippen LogP contribution in [-0.2, 0) is 4.79 Å². The minimum absolute atomic E-state index is 0.103. The van der Waals surface area contributed by atoms with Gasteiger partial charge in [0.05, 0.1) is 23.3 Å². The van der Waals surface area contributed by atoms with Gasteiger partial charge >= 0.3 is 5.97 Å². The van der Waals surface area contributed by atoms with Crippen molar-refractivity contribution in [2.75, 3.05) is 16.8 Å². The summed E-state index contributed by atoms with van der Waals surface area (Å²) in [5.41, 5.74) is 6.49. The Balaban J connectivity index is 1.30. The second kappa shape index (κ2) is 12.6. The highest BCUT2D eigenvalue weighted by Crippen LogP contribution is 2.44. The number of amides is 1. The van der Waals surface area contributed by atoms with E-state index in [1.54, 1.807) is 30.5 Å². The summed E-state index contributed by atoms with van der Waals surface area (Å²) in [6.45, 7) is 3.98. The summed E-state index contributed by atoms with van der Waals surface area (Å²) < 4.78 is 7.68. The van der Waals surface area contributed by atoms with E-state index < -0.39 is 5.97 Å². The molecular weight excluding hydrogens is 586 g/mol. The number of hydrogen-bond donors (Lipinski definition) is 3. The van der Waals surface area contributed by atoms with Crippen molar-refractivity contribution in [3.8, 4) is 11.4 Å². The van der Waals surface area contributed by atoms with E-state index in [2.05, 4.69) is 38.1 Å². The van der Waals surface area contributed by atoms with Crippen molar-refractivity contribution in [2.24, 2.45) is 0 Å². The van der Waals surface area contributed by atoms with E-state index in [4.69, 9.17) is 17.0 Å². The molecule has 0 saturated carbocycles. The van der Waals surface area contributed by atoms with Crippen LogP contribution in [-0.4, -0.2) is 38.3 Å². The number of ether oxygens (including phenoxy) is 1. The summed E-state index contributed by atoms with van der Waals surface area (Å²) in [5, 5.41) is 16.3. The molecule has 3 aromatic carbocycles. The molecule has 1 saturated heterocycles. The zero-order valence-corrected chi connectivity index (χ0v) is 25.5. The molecule has 3 N–H and O–H groups in total. The number of nitrogens with zero attached hydrogens (tertiary/aromatic N) is 3. The topological polar surface area (TPSA) is 109 Å². The number of aromatic nitrogens is 2. The Hall–Kier alpha value is -5.48. The van der Waals surface area contributed by atoms with Gasteiger partial charge in [0.15, 0.2) is 11.7 Å². The van der Waals surface area contributed by atoms with Crippen molar-refractivity contribution >= 4 is 40.6 Å². The van der Waals surface area contributed by atoms with E-state index in [1.807, 2.05) is 79.7 Å². The SMILES string of the molecule is Cc1cc([C@H]2[C@H](c3ccccn3)NC(=S)N2c2ccc(NC(=O)COc3ccccc3)cc2)c(C)n1-c1ccc(C(=O)O)cc1. The molecular formula is C35H31N5O4S. The van der Waals surface area contributed by atoms with Gasteiger partial charge < -0.3 is 29.9 Å². The minimum atomic E-state index is -0.964. The third-order valence-electron chi connectivity index (χ3n) is 7.80. The first-order valence-corrected chi connectivity index (χ1v) is 14.8. The average Bonchev–Trinajstić information content (AvgIpc) is 3.55. The number of hydrogen-bond acceptors (Lipinski definition) is 5. The van der Waals surface area contributed by atoms with Crippen LogP contribution < -0.4 is 20.3 Å². The summed E-state index contributed by atoms with van der Waals surface area (Å²) in [6, 6.07) is 31.1. The van der Waals surface area contributed by atoms with Crippen molar-refractivity contribution in [3.05, 3.63) is 138 Å². The highest BCUT2D eigenvalue weighted by molar-refractivity contribution is 7.80. The molecule has 10 heteroatoms. The van der Waals surface area contributed by atoms with E-state index in [9.17, 15) is 14.7 Å². The van der Waals surface area contributed by atoms with E-state index in [0.29, 0.717) is 16.5 Å². The van der Waals surface area contributed by atoms with Crippen LogP contribution in [0.4, 0.5) is 11.4 Å². The average molecular weight is 618 g/mol. The van der Waals surface area contributed by atoms with Crippen LogP contribution in [0.25, 0.3) is 5.69 Å². The highest BCUT2D eigenvalue weighted by Gasteiger charge is 2.42. The molecule has 1 aliphatic rings. The maximum atomic E-state index is 12.5. The Morgan fingerprint density at radius 1 is 0.933 bits per heavy atom. The number of carboxylic acids is 1. The van der Waals surface area contributed by atoms with E-state index in [-0.39, 0.29) is 30.2 Å². The third kappa shape index (κ3) is 6.13. The van der Waals surface area contributed by atoms with Crippen LogP contribution in [0.15, 0.2) is 109 Å². The number of carbonyl (C=O) groups excluding carboxylic acids is 1. The van der Waals surface area contributed by atoms with Crippen LogP contribution in [0.5, 0.6) is 5.75 Å². The Labute approximate surface area is 266 Å². The normalized spacial score (nSPS) is 15.9. The first-order chi connectivity index (χ1) is 21.8. The molecule has 1 fully saturated rings. The number of rotatable bonds is 9. The molecule has 2 atom stereocenters. The maximum Gasteiger partial charge on any atom is 0.335 e. The van der Waals surface area contributed by atoms with Gasteiger partial charge in [-0.3, -0.25) is 9.78 Å². The molecule has 2 aromatic heterocycles. The molecule has 0 radical (unpaired) electrons. The largest absolute Gasteiger partial charge is 0.484 e. The number of benzene rings is 3. The van der Waals surface area contributed by atoms with Crippen molar-refractivity contribution in [2.45, 2.75) is 25.9 Å². The molecule has 1 aliphatic heterocycles. The van der Waals surface area contributed by atoms with Crippen LogP contribution in [0.1, 0.15) is 45.1 Å². The lowest BCUT2D eigenvalue weighted by Crippen LogP contribution is -2.29. The van der Waals surface area contributed by atoms with E-state index in [1.165, 1.54) is 0 Å². The van der Waals surface area contributed by atoms with Gasteiger partial charge in [0.25, 0.3) is 5.91 Å². The molecule has 226 valence electrons. The fraction of sp³-hybridized carbons (Fsp3) is 0.143. The predicted molar refractivity (Wildman–Crippen MR) is 177 cm³/mol. The number of nitrogens with one attached hydrogen (secondary N) is 2. The van der Waals surface area contributed by atoms with Crippen molar-refractivity contribution in [1.82, 2.24) is 14.9 Å². The molecule has 3 heterocycles. The molecule has 1 amide bonds. The zero-order valence-electron chi connectivity index (χ0n) is 24.7. The second-order valence-electron chi connectivity index (χ2n) is 10.7. The Morgan fingerprint density at radius 3 is 2.29 bits per heavy atom. The molecule has 9 nitrogen and oxygen atoms in total. The Morgan fingerprint density at radius 2 is 1.62 bits per heavy atom. The molecule has 0 bridgehead atoms. The lowest BCUT2D eigenvalue weighted by Gasteiger charge is -2.28. The summed E-state index contributed by atoms with van der Waals surface area (Å²) >= 11 is 5.91. The standard InChI is InChI=1S/C35H31N5O4S/c1-22-20-29(23(2)39(22)26-15-11-24(12-16-26)34(42)43)33-32(30-10-6-7-19-36-30)38-35(45)40(33)27-17-13-25(14-18-27)37-31(41)21-44-28-8-4-3-5-9-28/h3-20,32-33H,21H2,1-2H3,(H,37,41)(H,38,45)(H,42,43)/t32-,33-/m0/s1. The van der Waals surface area contributed by atoms with Gasteiger partial charge in [0.2, 0.25) is 0 Å². The highest BCUT2D eigenvalue weighted by atomic mass is 32.1. The maximum absolute atomic E-state index is 12.5. The number of thiocarbonyl (C=S) groups is 1. The van der Waals surface area contributed by atoms with Crippen molar-refractivity contribution in [3.63, 3.8) is 0 Å². The van der Waals surface area contributed by atoms with E-state index in [0.717, 1.165) is 34.0 Å². The Kier molecular flexibility index (Phi) is 8.30. The van der Waals surface area contributed by atoms with E-state index >= 15 is 0 Å². The summed E-state index contributed by atoms with van der Waals surface area (Å²) in [5.74, 6) is -0.598. The van der Waals surface area contributed by atoms with Gasteiger partial charge in [-0.25, -0.2) is 4.79 Å². The molecule has 0 aliphatic carbocycles. The Bertz CT molecular complexity index is 1840. The predicted octanol–water partition coefficient (Wildman–Crippen LogP) is 6.38. The number of pyridine rings is 1. The number of carboxylic acid groups (broad SMARTS) is 1. The van der Waals surface area contributed by atoms with Crippen LogP contribution in [0, 0.1) is 13.8 Å². The quantitative estimate of drug-likeness (QED) is 0.164. The monoisotopic (exact) mass is 617 g/mol. The van der Waals surface area contributed by atoms with Gasteiger partial charge in [-0.05, 0) is 110 Å². The summed E-state index contributed by atoms with van der Waals surface area (Å²) in [4.78, 5) is 30.7. The van der Waals surface area contributed by atoms with Crippen LogP contribution in [0.3, 0.4) is 0 Å². The molecule has 5 aromatic rings. The molecule has 45 heavy (non-hydrogen) atoms. The van der Waals surface area contributed by atoms with Crippen LogP contribution in [0.2, 0.25) is 0 Å². The first-order valence-electron chi connectivity index (χ1n) is 14.4. The smallest absolute Gasteiger partial charge is 0.335 e. The molecule has 0 spiro atoms. The summed E-state index contributed by atoms with van der Waals surface area (Å²) in [6.07, 6.45) is 1.77. The van der Waals surface area contributed by atoms with Crippen molar-refractivity contribution < 1.29 is 19.4 Å². The molecule has 0 unspecified atom stereocenters. The number of para-hydroxylation sites is 1. The molecule has 6 rings (SSSR count). The number of aromatic carboxylic acids is 1. The first kappa shape index (κ1) is 29.6. The zero-order chi connectivity index (χ0) is 31.5. The van der Waals surface area contributed by atoms with Gasteiger partial charge in [-0.15, -0.1) is 0 Å². The third-order valence-corrected chi connectivity index (χ3v) is 8.12. The van der Waals surface area contributed by atoms with Gasteiger partial charge in [0.1, 0.15) is 5.75 Å². The van der Waals surface area contributed by atoms with Gasteiger partial charge in [-0.2, -0.15) is 0 Å². The lowest BCUT2D eigenvalue weighted by molar-refractivity contribution is -0.118. The van der Waals surface area contributed by atoms with Gasteiger partial charge in [0, 0.05) is 34.6 Å². The lowest BCUT2D eigenvalue weighted by atomic mass is 9.96. The van der Waals surface area contributed by atoms with Crippen molar-refractivity contribution in [1.29, 1.82) is 0 Å². The fourth-order valence-electron chi connectivity index (χ4n) is 5.75. The number of anilines is 2. The van der Waals surface area contributed by atoms with Crippen LogP contribution >= 0.6 is 12.2 Å². The fourth-order valence-corrected chi connectivity index (χ4v) is 6.10. The number of carbonyl (C=O) groups is 2. The number of aryl methyl sites for hydroxylation is 1. The minimum Gasteiger partial charge on any atom is -0.484 e.